The van der Waals surface area contributed by atoms with Crippen LogP contribution in [0, 0.1) is 5.41 Å². The van der Waals surface area contributed by atoms with E-state index < -0.39 is 0 Å². The first-order valence-electron chi connectivity index (χ1n) is 7.28. The van der Waals surface area contributed by atoms with E-state index in [0.717, 1.165) is 45.6 Å². The standard InChI is InChI=1S/C14H26N2O2/c1-14(5-3-2-4-6-14)13(18)16-9-7-15(8-10-16)11-12-17/h17H,2-12H2,1H3. The number of hydrogen-bond acceptors (Lipinski definition) is 3. The third-order valence-electron chi connectivity index (χ3n) is 4.55. The molecule has 2 rings (SSSR count). The molecule has 1 N–H and O–H groups in total. The van der Waals surface area contributed by atoms with Gasteiger partial charge in [0.15, 0.2) is 0 Å². The van der Waals surface area contributed by atoms with Crippen LogP contribution in [0.25, 0.3) is 0 Å². The number of rotatable bonds is 3. The van der Waals surface area contributed by atoms with E-state index in [1.165, 1.54) is 19.3 Å². The highest BCUT2D eigenvalue weighted by atomic mass is 16.3. The average Bonchev–Trinajstić information content (AvgIpc) is 2.40. The van der Waals surface area contributed by atoms with E-state index in [1.807, 2.05) is 4.90 Å². The summed E-state index contributed by atoms with van der Waals surface area (Å²) < 4.78 is 0. The van der Waals surface area contributed by atoms with Crippen LogP contribution in [0.5, 0.6) is 0 Å². The third kappa shape index (κ3) is 3.04. The molecular formula is C14H26N2O2. The Morgan fingerprint density at radius 2 is 1.72 bits per heavy atom. The van der Waals surface area contributed by atoms with Crippen LogP contribution in [-0.2, 0) is 4.79 Å². The largest absolute Gasteiger partial charge is 0.395 e. The van der Waals surface area contributed by atoms with Crippen LogP contribution in [0.1, 0.15) is 39.0 Å². The molecule has 0 unspecified atom stereocenters. The molecule has 1 amide bonds. The Morgan fingerprint density at radius 3 is 2.28 bits per heavy atom. The molecule has 0 spiro atoms. The zero-order valence-corrected chi connectivity index (χ0v) is 11.5. The quantitative estimate of drug-likeness (QED) is 0.820. The third-order valence-corrected chi connectivity index (χ3v) is 4.55. The maximum atomic E-state index is 12.6. The lowest BCUT2D eigenvalue weighted by molar-refractivity contribution is -0.145. The second kappa shape index (κ2) is 6.02. The number of β-amino-alcohol motifs (C(OH)–C–C–N with tert-alkyl or cyclic N) is 1. The van der Waals surface area contributed by atoms with Gasteiger partial charge in [0.25, 0.3) is 0 Å². The molecule has 2 aliphatic rings. The number of amides is 1. The summed E-state index contributed by atoms with van der Waals surface area (Å²) in [6.45, 7) is 6.56. The lowest BCUT2D eigenvalue weighted by atomic mass is 9.74. The van der Waals surface area contributed by atoms with E-state index in [0.29, 0.717) is 5.91 Å². The summed E-state index contributed by atoms with van der Waals surface area (Å²) in [5.74, 6) is 0.367. The summed E-state index contributed by atoms with van der Waals surface area (Å²) in [6.07, 6.45) is 5.80. The fourth-order valence-corrected chi connectivity index (χ4v) is 3.24. The van der Waals surface area contributed by atoms with Crippen molar-refractivity contribution in [3.63, 3.8) is 0 Å². The molecule has 1 saturated carbocycles. The normalized spacial score (nSPS) is 25.1. The number of carbonyl (C=O) groups is 1. The monoisotopic (exact) mass is 254 g/mol. The molecule has 2 fully saturated rings. The van der Waals surface area contributed by atoms with Crippen molar-refractivity contribution in [2.75, 3.05) is 39.3 Å². The van der Waals surface area contributed by atoms with Crippen molar-refractivity contribution in [2.45, 2.75) is 39.0 Å². The summed E-state index contributed by atoms with van der Waals surface area (Å²) in [6, 6.07) is 0. The number of nitrogens with zero attached hydrogens (tertiary/aromatic N) is 2. The van der Waals surface area contributed by atoms with E-state index in [-0.39, 0.29) is 12.0 Å². The first-order valence-corrected chi connectivity index (χ1v) is 7.28. The summed E-state index contributed by atoms with van der Waals surface area (Å²) in [5, 5.41) is 8.92. The van der Waals surface area contributed by atoms with Crippen molar-refractivity contribution in [3.05, 3.63) is 0 Å². The summed E-state index contributed by atoms with van der Waals surface area (Å²) in [4.78, 5) is 16.9. The lowest BCUT2D eigenvalue weighted by Crippen LogP contribution is -2.53. The molecule has 1 heterocycles. The number of piperazine rings is 1. The Hall–Kier alpha value is -0.610. The minimum absolute atomic E-state index is 0.0998. The van der Waals surface area contributed by atoms with Gasteiger partial charge in [-0.1, -0.05) is 26.2 Å². The zero-order valence-electron chi connectivity index (χ0n) is 11.5. The van der Waals surface area contributed by atoms with Crippen LogP contribution in [0.3, 0.4) is 0 Å². The van der Waals surface area contributed by atoms with E-state index in [1.54, 1.807) is 0 Å². The van der Waals surface area contributed by atoms with E-state index >= 15 is 0 Å². The average molecular weight is 254 g/mol. The molecule has 0 bridgehead atoms. The van der Waals surface area contributed by atoms with Crippen LogP contribution < -0.4 is 0 Å². The molecular weight excluding hydrogens is 228 g/mol. The van der Waals surface area contributed by atoms with Gasteiger partial charge in [-0.3, -0.25) is 9.69 Å². The Balaban J connectivity index is 1.86. The second-order valence-electron chi connectivity index (χ2n) is 5.98. The van der Waals surface area contributed by atoms with Gasteiger partial charge in [-0.2, -0.15) is 0 Å². The Labute approximate surface area is 110 Å². The van der Waals surface area contributed by atoms with Crippen molar-refractivity contribution in [1.29, 1.82) is 0 Å². The van der Waals surface area contributed by atoms with Gasteiger partial charge in [-0.25, -0.2) is 0 Å². The Morgan fingerprint density at radius 1 is 1.11 bits per heavy atom. The lowest BCUT2D eigenvalue weighted by Gasteiger charge is -2.41. The summed E-state index contributed by atoms with van der Waals surface area (Å²) in [7, 11) is 0. The maximum Gasteiger partial charge on any atom is 0.228 e. The van der Waals surface area contributed by atoms with Crippen LogP contribution in [0.2, 0.25) is 0 Å². The molecule has 1 aliphatic heterocycles. The molecule has 0 aromatic heterocycles. The molecule has 4 nitrogen and oxygen atoms in total. The second-order valence-corrected chi connectivity index (χ2v) is 5.98. The van der Waals surface area contributed by atoms with Crippen molar-refractivity contribution in [2.24, 2.45) is 5.41 Å². The van der Waals surface area contributed by atoms with Crippen molar-refractivity contribution < 1.29 is 9.90 Å². The zero-order chi connectivity index (χ0) is 13.0. The van der Waals surface area contributed by atoms with Gasteiger partial charge >= 0.3 is 0 Å². The molecule has 0 radical (unpaired) electrons. The van der Waals surface area contributed by atoms with E-state index in [2.05, 4.69) is 11.8 Å². The van der Waals surface area contributed by atoms with Gasteiger partial charge in [-0.05, 0) is 12.8 Å². The highest BCUT2D eigenvalue weighted by molar-refractivity contribution is 5.82. The summed E-state index contributed by atoms with van der Waals surface area (Å²) in [5.41, 5.74) is -0.0998. The fraction of sp³-hybridized carbons (Fsp3) is 0.929. The minimum atomic E-state index is -0.0998. The first kappa shape index (κ1) is 13.8. The van der Waals surface area contributed by atoms with Gasteiger partial charge in [-0.15, -0.1) is 0 Å². The highest BCUT2D eigenvalue weighted by Crippen LogP contribution is 2.37. The Kier molecular flexibility index (Phi) is 4.62. The van der Waals surface area contributed by atoms with Gasteiger partial charge in [0, 0.05) is 38.1 Å². The van der Waals surface area contributed by atoms with Gasteiger partial charge < -0.3 is 10.0 Å². The molecule has 4 heteroatoms. The predicted octanol–water partition coefficient (Wildman–Crippen LogP) is 1.09. The Bertz CT molecular complexity index is 280. The SMILES string of the molecule is CC1(C(=O)N2CCN(CCO)CC2)CCCCC1. The van der Waals surface area contributed by atoms with Crippen LogP contribution in [-0.4, -0.2) is 60.1 Å². The van der Waals surface area contributed by atoms with Gasteiger partial charge in [0.1, 0.15) is 0 Å². The molecule has 0 aromatic carbocycles. The molecule has 1 aliphatic carbocycles. The van der Waals surface area contributed by atoms with Crippen LogP contribution in [0.4, 0.5) is 0 Å². The smallest absolute Gasteiger partial charge is 0.228 e. The van der Waals surface area contributed by atoms with Crippen molar-refractivity contribution in [1.82, 2.24) is 9.80 Å². The van der Waals surface area contributed by atoms with E-state index in [4.69, 9.17) is 5.11 Å². The molecule has 0 aromatic rings. The minimum Gasteiger partial charge on any atom is -0.395 e. The molecule has 0 atom stereocenters. The van der Waals surface area contributed by atoms with E-state index in [9.17, 15) is 4.79 Å². The van der Waals surface area contributed by atoms with Crippen LogP contribution >= 0.6 is 0 Å². The van der Waals surface area contributed by atoms with Crippen molar-refractivity contribution in [3.8, 4) is 0 Å². The number of aliphatic hydroxyl groups excluding tert-OH is 1. The number of aliphatic hydroxyl groups is 1. The number of carbonyl (C=O) groups excluding carboxylic acids is 1. The van der Waals surface area contributed by atoms with Crippen LogP contribution in [0.15, 0.2) is 0 Å². The van der Waals surface area contributed by atoms with Gasteiger partial charge in [0.05, 0.1) is 6.61 Å². The predicted molar refractivity (Wildman–Crippen MR) is 71.3 cm³/mol. The maximum absolute atomic E-state index is 12.6. The first-order chi connectivity index (χ1) is 8.65. The van der Waals surface area contributed by atoms with Crippen molar-refractivity contribution >= 4 is 5.91 Å². The molecule has 18 heavy (non-hydrogen) atoms. The molecule has 1 saturated heterocycles. The number of hydrogen-bond donors (Lipinski definition) is 1. The summed E-state index contributed by atoms with van der Waals surface area (Å²) >= 11 is 0. The fourth-order valence-electron chi connectivity index (χ4n) is 3.24. The highest BCUT2D eigenvalue weighted by Gasteiger charge is 2.38. The van der Waals surface area contributed by atoms with Gasteiger partial charge in [0.2, 0.25) is 5.91 Å². The topological polar surface area (TPSA) is 43.8 Å². The molecule has 104 valence electrons.